The van der Waals surface area contributed by atoms with Gasteiger partial charge in [-0.1, -0.05) is 127 Å². The summed E-state index contributed by atoms with van der Waals surface area (Å²) in [5.74, 6) is 0.598. The summed E-state index contributed by atoms with van der Waals surface area (Å²) in [5, 5.41) is 4.28. The minimum atomic E-state index is 0.598. The van der Waals surface area contributed by atoms with Crippen molar-refractivity contribution in [3.63, 3.8) is 0 Å². The molecule has 0 aliphatic carbocycles. The lowest BCUT2D eigenvalue weighted by Gasteiger charge is -2.26. The maximum absolute atomic E-state index is 6.40. The average molecular weight is 771 g/mol. The van der Waals surface area contributed by atoms with Crippen LogP contribution in [0.2, 0.25) is 0 Å². The van der Waals surface area contributed by atoms with Crippen molar-refractivity contribution in [1.82, 2.24) is 4.98 Å². The number of oxazole rings is 1. The first-order valence-electron chi connectivity index (χ1n) is 20.1. The van der Waals surface area contributed by atoms with Crippen LogP contribution in [0.5, 0.6) is 0 Å². The Labute approximate surface area is 345 Å². The molecule has 3 aromatic heterocycles. The fraction of sp³-hybridized carbons (Fsp3) is 0. The van der Waals surface area contributed by atoms with E-state index in [2.05, 4.69) is 150 Å². The van der Waals surface area contributed by atoms with Crippen LogP contribution in [-0.2, 0) is 0 Å². The van der Waals surface area contributed by atoms with Crippen molar-refractivity contribution in [1.29, 1.82) is 0 Å². The normalized spacial score (nSPS) is 11.7. The number of nitrogens with zero attached hydrogens (tertiary/aromatic N) is 2. The van der Waals surface area contributed by atoms with Crippen LogP contribution in [0.3, 0.4) is 0 Å². The zero-order chi connectivity index (χ0) is 39.6. The van der Waals surface area contributed by atoms with Gasteiger partial charge in [0.2, 0.25) is 5.89 Å². The third-order valence-corrected chi connectivity index (χ3v) is 11.5. The molecule has 60 heavy (non-hydrogen) atoms. The SMILES string of the molecule is c1ccc(-c2ccc(N(c3ccc(-c4ccc5oc6cc7nc(-c8ccccc8)oc7cc6c5c4)cc3)c3ccc(-c4cccc5c4oc4ccccc45)cc3)cc2)cc1. The molecule has 12 rings (SSSR count). The summed E-state index contributed by atoms with van der Waals surface area (Å²) < 4.78 is 19.0. The second-order valence-electron chi connectivity index (χ2n) is 15.1. The Hall–Kier alpha value is -8.15. The van der Waals surface area contributed by atoms with E-state index in [1.807, 2.05) is 60.7 Å². The molecule has 0 bridgehead atoms. The lowest BCUT2D eigenvalue weighted by atomic mass is 10.0. The molecule has 0 saturated carbocycles. The molecule has 0 spiro atoms. The monoisotopic (exact) mass is 770 g/mol. The average Bonchev–Trinajstić information content (AvgIpc) is 4.02. The number of hydrogen-bond donors (Lipinski definition) is 0. The predicted octanol–water partition coefficient (Wildman–Crippen LogP) is 15.8. The first-order chi connectivity index (χ1) is 29.7. The molecule has 9 aromatic carbocycles. The zero-order valence-electron chi connectivity index (χ0n) is 32.2. The molecule has 3 heterocycles. The third kappa shape index (κ3) is 5.75. The van der Waals surface area contributed by atoms with Gasteiger partial charge in [0, 0.05) is 55.8 Å². The van der Waals surface area contributed by atoms with Crippen LogP contribution < -0.4 is 4.90 Å². The Bertz CT molecular complexity index is 3510. The van der Waals surface area contributed by atoms with E-state index in [0.717, 1.165) is 99.9 Å². The smallest absolute Gasteiger partial charge is 0.227 e. The van der Waals surface area contributed by atoms with Crippen LogP contribution in [0.4, 0.5) is 17.1 Å². The minimum absolute atomic E-state index is 0.598. The largest absolute Gasteiger partial charge is 0.456 e. The highest BCUT2D eigenvalue weighted by Crippen LogP contribution is 2.41. The molecule has 5 nitrogen and oxygen atoms in total. The summed E-state index contributed by atoms with van der Waals surface area (Å²) in [6, 6.07) is 71.8. The van der Waals surface area contributed by atoms with Gasteiger partial charge in [-0.25, -0.2) is 4.98 Å². The lowest BCUT2D eigenvalue weighted by molar-refractivity contribution is 0.620. The first kappa shape index (κ1) is 33.9. The van der Waals surface area contributed by atoms with Crippen molar-refractivity contribution in [2.45, 2.75) is 0 Å². The standard InChI is InChI=1S/C55H34N2O3/c1-3-10-35(11-4-1)36-18-25-41(26-19-36)57(43-29-22-38(23-30-43)44-15-9-16-46-45-14-7-8-17-50(45)59-54(44)46)42-27-20-37(21-28-42)40-24-31-51-47(32-40)48-33-53-49(34-52(48)58-51)56-55(60-53)39-12-5-2-6-13-39/h1-34H. The maximum atomic E-state index is 6.40. The molecular formula is C55H34N2O3. The van der Waals surface area contributed by atoms with Gasteiger partial charge in [-0.3, -0.25) is 0 Å². The number of aromatic nitrogens is 1. The number of para-hydroxylation sites is 2. The maximum Gasteiger partial charge on any atom is 0.227 e. The topological polar surface area (TPSA) is 55.6 Å². The van der Waals surface area contributed by atoms with Crippen LogP contribution in [0.1, 0.15) is 0 Å². The highest BCUT2D eigenvalue weighted by molar-refractivity contribution is 6.11. The van der Waals surface area contributed by atoms with Gasteiger partial charge in [0.05, 0.1) is 0 Å². The predicted molar refractivity (Wildman–Crippen MR) is 245 cm³/mol. The van der Waals surface area contributed by atoms with Gasteiger partial charge in [-0.05, 0) is 101 Å². The van der Waals surface area contributed by atoms with E-state index in [1.165, 1.54) is 11.1 Å². The van der Waals surface area contributed by atoms with Gasteiger partial charge in [0.15, 0.2) is 5.58 Å². The quantitative estimate of drug-likeness (QED) is 0.162. The summed E-state index contributed by atoms with van der Waals surface area (Å²) in [4.78, 5) is 7.06. The summed E-state index contributed by atoms with van der Waals surface area (Å²) in [7, 11) is 0. The Balaban J connectivity index is 0.909. The van der Waals surface area contributed by atoms with Crippen LogP contribution in [-0.4, -0.2) is 4.98 Å². The number of furan rings is 2. The van der Waals surface area contributed by atoms with Crippen molar-refractivity contribution in [3.05, 3.63) is 206 Å². The van der Waals surface area contributed by atoms with Crippen molar-refractivity contribution in [2.24, 2.45) is 0 Å². The van der Waals surface area contributed by atoms with Gasteiger partial charge in [0.1, 0.15) is 27.8 Å². The van der Waals surface area contributed by atoms with Crippen molar-refractivity contribution < 1.29 is 13.3 Å². The van der Waals surface area contributed by atoms with E-state index in [9.17, 15) is 0 Å². The Morgan fingerprint density at radius 3 is 1.58 bits per heavy atom. The van der Waals surface area contributed by atoms with Crippen LogP contribution >= 0.6 is 0 Å². The van der Waals surface area contributed by atoms with Crippen molar-refractivity contribution >= 4 is 72.0 Å². The highest BCUT2D eigenvalue weighted by Gasteiger charge is 2.18. The van der Waals surface area contributed by atoms with E-state index in [4.69, 9.17) is 18.2 Å². The van der Waals surface area contributed by atoms with E-state index in [1.54, 1.807) is 0 Å². The van der Waals surface area contributed by atoms with Crippen LogP contribution in [0.15, 0.2) is 220 Å². The second-order valence-corrected chi connectivity index (χ2v) is 15.1. The fourth-order valence-corrected chi connectivity index (χ4v) is 8.53. The Morgan fingerprint density at radius 1 is 0.317 bits per heavy atom. The molecule has 5 heteroatoms. The van der Waals surface area contributed by atoms with E-state index in [0.29, 0.717) is 5.89 Å². The molecule has 282 valence electrons. The summed E-state index contributed by atoms with van der Waals surface area (Å²) in [5.41, 5.74) is 15.8. The molecule has 0 N–H and O–H groups in total. The van der Waals surface area contributed by atoms with Crippen LogP contribution in [0, 0.1) is 0 Å². The summed E-state index contributed by atoms with van der Waals surface area (Å²) >= 11 is 0. The molecule has 0 fully saturated rings. The molecule has 0 saturated heterocycles. The number of hydrogen-bond acceptors (Lipinski definition) is 5. The summed E-state index contributed by atoms with van der Waals surface area (Å²) in [6.45, 7) is 0. The van der Waals surface area contributed by atoms with E-state index in [-0.39, 0.29) is 0 Å². The minimum Gasteiger partial charge on any atom is -0.456 e. The zero-order valence-corrected chi connectivity index (χ0v) is 32.2. The molecule has 0 amide bonds. The van der Waals surface area contributed by atoms with Crippen molar-refractivity contribution in [2.75, 3.05) is 4.90 Å². The molecular weight excluding hydrogens is 737 g/mol. The lowest BCUT2D eigenvalue weighted by Crippen LogP contribution is -2.09. The Morgan fingerprint density at radius 2 is 0.867 bits per heavy atom. The van der Waals surface area contributed by atoms with Crippen molar-refractivity contribution in [3.8, 4) is 44.8 Å². The third-order valence-electron chi connectivity index (χ3n) is 11.5. The molecule has 0 aliphatic rings. The summed E-state index contributed by atoms with van der Waals surface area (Å²) in [6.07, 6.45) is 0. The Kier molecular flexibility index (Phi) is 7.78. The van der Waals surface area contributed by atoms with Gasteiger partial charge < -0.3 is 18.2 Å². The second kappa shape index (κ2) is 13.8. The van der Waals surface area contributed by atoms with Gasteiger partial charge in [-0.2, -0.15) is 0 Å². The van der Waals surface area contributed by atoms with Gasteiger partial charge in [0.25, 0.3) is 0 Å². The molecule has 0 unspecified atom stereocenters. The van der Waals surface area contributed by atoms with Gasteiger partial charge in [-0.15, -0.1) is 0 Å². The number of rotatable bonds is 7. The first-order valence-corrected chi connectivity index (χ1v) is 20.1. The highest BCUT2D eigenvalue weighted by atomic mass is 16.4. The van der Waals surface area contributed by atoms with E-state index < -0.39 is 0 Å². The van der Waals surface area contributed by atoms with E-state index >= 15 is 0 Å². The molecule has 12 aromatic rings. The molecule has 0 radical (unpaired) electrons. The number of fused-ring (bicyclic) bond motifs is 7. The molecule has 0 atom stereocenters. The molecule has 0 aliphatic heterocycles. The fourth-order valence-electron chi connectivity index (χ4n) is 8.53. The van der Waals surface area contributed by atoms with Crippen LogP contribution in [0.25, 0.3) is 99.8 Å². The van der Waals surface area contributed by atoms with Gasteiger partial charge >= 0.3 is 0 Å². The number of anilines is 3. The number of benzene rings is 9.